The Bertz CT molecular complexity index is 456. The van der Waals surface area contributed by atoms with Gasteiger partial charge in [0.25, 0.3) is 0 Å². The van der Waals surface area contributed by atoms with Gasteiger partial charge < -0.3 is 5.32 Å². The standard InChI is InChI=1S/C14H21NO2S/c16-18(17)11-5-9-14(18)12-15-10-4-8-13-6-2-1-3-7-13/h1-3,6-7,14-15H,4-5,8-12H2. The Morgan fingerprint density at radius 1 is 1.22 bits per heavy atom. The van der Waals surface area contributed by atoms with Crippen LogP contribution in [0.3, 0.4) is 0 Å². The molecule has 1 unspecified atom stereocenters. The van der Waals surface area contributed by atoms with Gasteiger partial charge in [0.1, 0.15) is 0 Å². The molecule has 1 aromatic carbocycles. The van der Waals surface area contributed by atoms with Crippen LogP contribution in [-0.4, -0.2) is 32.5 Å². The lowest BCUT2D eigenvalue weighted by molar-refractivity contribution is 0.570. The average molecular weight is 267 g/mol. The van der Waals surface area contributed by atoms with Crippen molar-refractivity contribution >= 4 is 9.84 Å². The zero-order valence-electron chi connectivity index (χ0n) is 10.6. The largest absolute Gasteiger partial charge is 0.315 e. The highest BCUT2D eigenvalue weighted by Crippen LogP contribution is 2.18. The van der Waals surface area contributed by atoms with Crippen LogP contribution in [-0.2, 0) is 16.3 Å². The van der Waals surface area contributed by atoms with Gasteiger partial charge in [0.05, 0.1) is 11.0 Å². The van der Waals surface area contributed by atoms with E-state index in [0.717, 1.165) is 32.2 Å². The number of hydrogen-bond acceptors (Lipinski definition) is 3. The molecule has 0 radical (unpaired) electrons. The first-order valence-corrected chi connectivity index (χ1v) is 8.36. The van der Waals surface area contributed by atoms with E-state index in [4.69, 9.17) is 0 Å². The molecule has 2 rings (SSSR count). The van der Waals surface area contributed by atoms with Crippen LogP contribution in [0, 0.1) is 0 Å². The molecule has 4 heteroatoms. The van der Waals surface area contributed by atoms with Gasteiger partial charge in [-0.1, -0.05) is 30.3 Å². The lowest BCUT2D eigenvalue weighted by Gasteiger charge is -2.10. The Morgan fingerprint density at radius 2 is 2.00 bits per heavy atom. The van der Waals surface area contributed by atoms with Crippen molar-refractivity contribution in [2.45, 2.75) is 30.9 Å². The monoisotopic (exact) mass is 267 g/mol. The zero-order chi connectivity index (χ0) is 12.8. The van der Waals surface area contributed by atoms with Gasteiger partial charge in [0.2, 0.25) is 0 Å². The van der Waals surface area contributed by atoms with Crippen molar-refractivity contribution in [1.29, 1.82) is 0 Å². The second-order valence-electron chi connectivity index (χ2n) is 4.92. The van der Waals surface area contributed by atoms with Crippen molar-refractivity contribution in [2.24, 2.45) is 0 Å². The average Bonchev–Trinajstić information content (AvgIpc) is 2.70. The Balaban J connectivity index is 1.62. The summed E-state index contributed by atoms with van der Waals surface area (Å²) in [6.45, 7) is 1.51. The molecule has 18 heavy (non-hydrogen) atoms. The summed E-state index contributed by atoms with van der Waals surface area (Å²) >= 11 is 0. The molecule has 1 aliphatic rings. The number of rotatable bonds is 6. The van der Waals surface area contributed by atoms with Gasteiger partial charge in [-0.25, -0.2) is 8.42 Å². The lowest BCUT2D eigenvalue weighted by Crippen LogP contribution is -2.31. The van der Waals surface area contributed by atoms with E-state index in [2.05, 4.69) is 17.4 Å². The molecule has 1 aliphatic heterocycles. The molecule has 0 amide bonds. The van der Waals surface area contributed by atoms with Crippen LogP contribution in [0.2, 0.25) is 0 Å². The van der Waals surface area contributed by atoms with E-state index in [1.54, 1.807) is 0 Å². The smallest absolute Gasteiger partial charge is 0.154 e. The summed E-state index contributed by atoms with van der Waals surface area (Å²) < 4.78 is 23.2. The Hall–Kier alpha value is -0.870. The summed E-state index contributed by atoms with van der Waals surface area (Å²) in [6.07, 6.45) is 3.76. The van der Waals surface area contributed by atoms with Crippen LogP contribution in [0.5, 0.6) is 0 Å². The molecule has 1 heterocycles. The summed E-state index contributed by atoms with van der Waals surface area (Å²) in [5.41, 5.74) is 1.34. The minimum absolute atomic E-state index is 0.144. The van der Waals surface area contributed by atoms with Gasteiger partial charge in [-0.3, -0.25) is 0 Å². The van der Waals surface area contributed by atoms with Crippen LogP contribution >= 0.6 is 0 Å². The lowest BCUT2D eigenvalue weighted by atomic mass is 10.1. The topological polar surface area (TPSA) is 46.2 Å². The van der Waals surface area contributed by atoms with Crippen molar-refractivity contribution in [3.63, 3.8) is 0 Å². The third-order valence-electron chi connectivity index (χ3n) is 3.50. The molecule has 1 N–H and O–H groups in total. The van der Waals surface area contributed by atoms with Crippen molar-refractivity contribution in [3.8, 4) is 0 Å². The van der Waals surface area contributed by atoms with Gasteiger partial charge in [-0.15, -0.1) is 0 Å². The molecule has 0 spiro atoms. The van der Waals surface area contributed by atoms with E-state index in [-0.39, 0.29) is 5.25 Å². The second-order valence-corrected chi connectivity index (χ2v) is 7.33. The predicted octanol–water partition coefficient (Wildman–Crippen LogP) is 1.79. The first kappa shape index (κ1) is 13.6. The van der Waals surface area contributed by atoms with Crippen molar-refractivity contribution in [2.75, 3.05) is 18.8 Å². The summed E-state index contributed by atoms with van der Waals surface area (Å²) in [5, 5.41) is 3.13. The third-order valence-corrected chi connectivity index (χ3v) is 5.77. The maximum Gasteiger partial charge on any atom is 0.154 e. The molecule has 1 saturated heterocycles. The second kappa shape index (κ2) is 6.34. The van der Waals surface area contributed by atoms with Gasteiger partial charge in [0, 0.05) is 6.54 Å². The van der Waals surface area contributed by atoms with Gasteiger partial charge in [-0.2, -0.15) is 0 Å². The SMILES string of the molecule is O=S1(=O)CCCC1CNCCCc1ccccc1. The van der Waals surface area contributed by atoms with Gasteiger partial charge in [0.15, 0.2) is 9.84 Å². The molecule has 1 aromatic rings. The fourth-order valence-corrected chi connectivity index (χ4v) is 4.21. The van der Waals surface area contributed by atoms with Crippen molar-refractivity contribution in [3.05, 3.63) is 35.9 Å². The number of aryl methyl sites for hydroxylation is 1. The zero-order valence-corrected chi connectivity index (χ0v) is 11.5. The van der Waals surface area contributed by atoms with Crippen LogP contribution < -0.4 is 5.32 Å². The maximum atomic E-state index is 11.6. The van der Waals surface area contributed by atoms with Crippen LogP contribution in [0.1, 0.15) is 24.8 Å². The van der Waals surface area contributed by atoms with E-state index < -0.39 is 9.84 Å². The maximum absolute atomic E-state index is 11.6. The molecule has 100 valence electrons. The van der Waals surface area contributed by atoms with Crippen molar-refractivity contribution in [1.82, 2.24) is 5.32 Å². The van der Waals surface area contributed by atoms with Gasteiger partial charge in [-0.05, 0) is 37.8 Å². The molecular weight excluding hydrogens is 246 g/mol. The summed E-state index contributed by atoms with van der Waals surface area (Å²) in [4.78, 5) is 0. The quantitative estimate of drug-likeness (QED) is 0.799. The summed E-state index contributed by atoms with van der Waals surface area (Å²) in [7, 11) is -2.79. The molecular formula is C14H21NO2S. The van der Waals surface area contributed by atoms with Gasteiger partial charge >= 0.3 is 0 Å². The van der Waals surface area contributed by atoms with E-state index in [1.807, 2.05) is 18.2 Å². The molecule has 3 nitrogen and oxygen atoms in total. The third kappa shape index (κ3) is 3.82. The normalized spacial score (nSPS) is 22.1. The van der Waals surface area contributed by atoms with E-state index in [0.29, 0.717) is 12.3 Å². The molecule has 1 fully saturated rings. The highest BCUT2D eigenvalue weighted by atomic mass is 32.2. The highest BCUT2D eigenvalue weighted by molar-refractivity contribution is 7.92. The first-order valence-electron chi connectivity index (χ1n) is 6.65. The van der Waals surface area contributed by atoms with E-state index in [1.165, 1.54) is 5.56 Å². The summed E-state index contributed by atoms with van der Waals surface area (Å²) in [5.74, 6) is 0.378. The first-order chi connectivity index (χ1) is 8.68. The molecule has 0 saturated carbocycles. The Kier molecular flexibility index (Phi) is 4.78. The minimum Gasteiger partial charge on any atom is -0.315 e. The van der Waals surface area contributed by atoms with Crippen LogP contribution in [0.25, 0.3) is 0 Å². The Labute approximate surface area is 110 Å². The number of benzene rings is 1. The highest BCUT2D eigenvalue weighted by Gasteiger charge is 2.30. The van der Waals surface area contributed by atoms with Crippen LogP contribution in [0.4, 0.5) is 0 Å². The minimum atomic E-state index is -2.79. The molecule has 1 atom stereocenters. The fourth-order valence-electron chi connectivity index (χ4n) is 2.41. The fraction of sp³-hybridized carbons (Fsp3) is 0.571. The van der Waals surface area contributed by atoms with Crippen molar-refractivity contribution < 1.29 is 8.42 Å². The van der Waals surface area contributed by atoms with E-state index >= 15 is 0 Å². The Morgan fingerprint density at radius 3 is 2.67 bits per heavy atom. The number of nitrogens with one attached hydrogen (secondary N) is 1. The molecule has 0 aliphatic carbocycles. The van der Waals surface area contributed by atoms with Crippen LogP contribution in [0.15, 0.2) is 30.3 Å². The molecule has 0 aromatic heterocycles. The number of hydrogen-bond donors (Lipinski definition) is 1. The van der Waals surface area contributed by atoms with E-state index in [9.17, 15) is 8.42 Å². The summed E-state index contributed by atoms with van der Waals surface area (Å²) in [6, 6.07) is 10.4. The number of sulfone groups is 1. The predicted molar refractivity (Wildman–Crippen MR) is 74.4 cm³/mol. The molecule has 0 bridgehead atoms.